The molecule has 0 aliphatic heterocycles. The molecule has 0 aromatic heterocycles. The van der Waals surface area contributed by atoms with E-state index in [0.717, 1.165) is 0 Å². The van der Waals surface area contributed by atoms with Crippen molar-refractivity contribution in [2.45, 2.75) is 12.5 Å². The molecule has 0 amide bonds. The predicted molar refractivity (Wildman–Crippen MR) is 118 cm³/mol. The molecule has 0 saturated heterocycles. The van der Waals surface area contributed by atoms with Crippen molar-refractivity contribution in [3.8, 4) is 6.07 Å². The Bertz CT molecular complexity index is 1240. The van der Waals surface area contributed by atoms with Gasteiger partial charge in [0.05, 0.1) is 5.57 Å². The fourth-order valence-electron chi connectivity index (χ4n) is 3.91. The minimum Gasteiger partial charge on any atom is -0.444 e. The number of carbonyl (C=O) groups excluding carboxylic acids is 2. The van der Waals surface area contributed by atoms with Crippen molar-refractivity contribution < 1.29 is 14.3 Å². The van der Waals surface area contributed by atoms with Crippen LogP contribution in [0.15, 0.2) is 103 Å². The van der Waals surface area contributed by atoms with Crippen molar-refractivity contribution in [3.05, 3.63) is 119 Å². The van der Waals surface area contributed by atoms with Gasteiger partial charge in [-0.3, -0.25) is 9.59 Å². The Balaban J connectivity index is 2.11. The van der Waals surface area contributed by atoms with Crippen LogP contribution in [0, 0.1) is 11.3 Å². The Morgan fingerprint density at radius 3 is 1.87 bits per heavy atom. The molecule has 31 heavy (non-hydrogen) atoms. The molecule has 0 heterocycles. The second-order valence-electron chi connectivity index (χ2n) is 7.18. The van der Waals surface area contributed by atoms with Crippen molar-refractivity contribution in [3.63, 3.8) is 0 Å². The molecule has 3 aromatic rings. The van der Waals surface area contributed by atoms with Gasteiger partial charge in [-0.2, -0.15) is 5.26 Å². The molecule has 1 aliphatic carbocycles. The van der Waals surface area contributed by atoms with Crippen LogP contribution in [0.3, 0.4) is 0 Å². The molecule has 0 fully saturated rings. The number of rotatable bonds is 4. The summed E-state index contributed by atoms with van der Waals surface area (Å²) in [6.07, 6.45) is 1.60. The number of ether oxygens (including phenoxy) is 1. The minimum atomic E-state index is -1.52. The first-order valence-electron chi connectivity index (χ1n) is 9.85. The van der Waals surface area contributed by atoms with Crippen LogP contribution in [0.25, 0.3) is 11.1 Å². The second kappa shape index (κ2) is 8.25. The molecule has 0 N–H and O–H groups in total. The molecule has 3 aromatic carbocycles. The molecular formula is C27H19NO3. The smallest absolute Gasteiger partial charge is 0.304 e. The van der Waals surface area contributed by atoms with Crippen LogP contribution in [0.5, 0.6) is 0 Å². The summed E-state index contributed by atoms with van der Waals surface area (Å²) in [6.45, 7) is 1.30. The molecule has 0 bridgehead atoms. The molecule has 1 atom stereocenters. The van der Waals surface area contributed by atoms with Gasteiger partial charge in [-0.15, -0.1) is 0 Å². The van der Waals surface area contributed by atoms with E-state index in [2.05, 4.69) is 6.07 Å². The molecule has 4 rings (SSSR count). The summed E-state index contributed by atoms with van der Waals surface area (Å²) in [4.78, 5) is 25.9. The summed E-state index contributed by atoms with van der Waals surface area (Å²) in [5.41, 5.74) is 1.05. The van der Waals surface area contributed by atoms with E-state index in [4.69, 9.17) is 4.74 Å². The lowest BCUT2D eigenvalue weighted by atomic mass is 9.73. The molecular weight excluding hydrogens is 386 g/mol. The highest BCUT2D eigenvalue weighted by Crippen LogP contribution is 2.46. The van der Waals surface area contributed by atoms with E-state index in [1.165, 1.54) is 6.92 Å². The fourth-order valence-corrected chi connectivity index (χ4v) is 3.91. The summed E-state index contributed by atoms with van der Waals surface area (Å²) in [5, 5.41) is 10.2. The zero-order valence-corrected chi connectivity index (χ0v) is 16.9. The van der Waals surface area contributed by atoms with Crippen molar-refractivity contribution in [2.24, 2.45) is 0 Å². The summed E-state index contributed by atoms with van der Waals surface area (Å²) < 4.78 is 5.87. The van der Waals surface area contributed by atoms with Gasteiger partial charge in [0, 0.05) is 23.6 Å². The molecule has 0 spiro atoms. The van der Waals surface area contributed by atoms with E-state index in [0.29, 0.717) is 22.3 Å². The van der Waals surface area contributed by atoms with Gasteiger partial charge in [0.15, 0.2) is 11.4 Å². The quantitative estimate of drug-likeness (QED) is 0.567. The van der Waals surface area contributed by atoms with Gasteiger partial charge >= 0.3 is 5.97 Å². The van der Waals surface area contributed by atoms with Crippen molar-refractivity contribution in [1.82, 2.24) is 0 Å². The van der Waals surface area contributed by atoms with Gasteiger partial charge in [0.1, 0.15) is 6.07 Å². The number of esters is 1. The lowest BCUT2D eigenvalue weighted by molar-refractivity contribution is -0.150. The maximum absolute atomic E-state index is 13.7. The molecule has 1 aliphatic rings. The van der Waals surface area contributed by atoms with Crippen LogP contribution >= 0.6 is 0 Å². The highest BCUT2D eigenvalue weighted by molar-refractivity contribution is 6.44. The first-order valence-corrected chi connectivity index (χ1v) is 9.85. The number of carbonyl (C=O) groups is 2. The standard InChI is InChI=1S/C27H19NO3/c1-19(29)31-27(22-15-9-4-10-16-22)17-23(20-11-5-2-6-12-20)26(30)25(24(27)18-28)21-13-7-3-8-14-21/h2-17H,1H3/t27-/m1/s1. The van der Waals surface area contributed by atoms with E-state index < -0.39 is 11.6 Å². The molecule has 0 radical (unpaired) electrons. The van der Waals surface area contributed by atoms with Crippen molar-refractivity contribution in [1.29, 1.82) is 5.26 Å². The Morgan fingerprint density at radius 2 is 1.35 bits per heavy atom. The van der Waals surface area contributed by atoms with Crippen LogP contribution in [0.2, 0.25) is 0 Å². The van der Waals surface area contributed by atoms with Crippen LogP contribution in [-0.2, 0) is 19.9 Å². The number of benzene rings is 3. The Morgan fingerprint density at radius 1 is 0.839 bits per heavy atom. The lowest BCUT2D eigenvalue weighted by Gasteiger charge is -2.35. The average molecular weight is 405 g/mol. The molecule has 4 heteroatoms. The van der Waals surface area contributed by atoms with Gasteiger partial charge in [0.25, 0.3) is 0 Å². The average Bonchev–Trinajstić information content (AvgIpc) is 2.81. The zero-order chi connectivity index (χ0) is 21.8. The number of hydrogen-bond acceptors (Lipinski definition) is 4. The lowest BCUT2D eigenvalue weighted by Crippen LogP contribution is -2.36. The predicted octanol–water partition coefficient (Wildman–Crippen LogP) is 5.09. The van der Waals surface area contributed by atoms with E-state index in [9.17, 15) is 14.9 Å². The second-order valence-corrected chi connectivity index (χ2v) is 7.18. The maximum Gasteiger partial charge on any atom is 0.304 e. The Hall–Kier alpha value is -4.23. The normalized spacial score (nSPS) is 18.2. The zero-order valence-electron chi connectivity index (χ0n) is 16.9. The molecule has 0 saturated carbocycles. The van der Waals surface area contributed by atoms with Crippen molar-refractivity contribution in [2.75, 3.05) is 0 Å². The summed E-state index contributed by atoms with van der Waals surface area (Å²) in [5.74, 6) is -0.838. The largest absolute Gasteiger partial charge is 0.444 e. The van der Waals surface area contributed by atoms with E-state index >= 15 is 0 Å². The van der Waals surface area contributed by atoms with Crippen LogP contribution in [-0.4, -0.2) is 11.8 Å². The number of nitrogens with zero attached hydrogens (tertiary/aromatic N) is 1. The van der Waals surface area contributed by atoms with E-state index in [1.807, 2.05) is 54.6 Å². The van der Waals surface area contributed by atoms with Gasteiger partial charge in [0.2, 0.25) is 0 Å². The molecule has 4 nitrogen and oxygen atoms in total. The number of Topliss-reactive ketones (excluding diaryl/α,β-unsaturated/α-hetero) is 1. The number of ketones is 1. The first-order chi connectivity index (χ1) is 15.1. The van der Waals surface area contributed by atoms with Gasteiger partial charge < -0.3 is 4.74 Å². The summed E-state index contributed by atoms with van der Waals surface area (Å²) in [7, 11) is 0. The van der Waals surface area contributed by atoms with E-state index in [1.54, 1.807) is 42.5 Å². The minimum absolute atomic E-state index is 0.0878. The molecule has 150 valence electrons. The number of allylic oxidation sites excluding steroid dienone is 2. The van der Waals surface area contributed by atoms with E-state index in [-0.39, 0.29) is 16.9 Å². The van der Waals surface area contributed by atoms with Crippen LogP contribution < -0.4 is 0 Å². The monoisotopic (exact) mass is 405 g/mol. The maximum atomic E-state index is 13.7. The molecule has 0 unspecified atom stereocenters. The Kier molecular flexibility index (Phi) is 5.34. The van der Waals surface area contributed by atoms with Gasteiger partial charge in [-0.25, -0.2) is 0 Å². The highest BCUT2D eigenvalue weighted by Gasteiger charge is 2.46. The third kappa shape index (κ3) is 3.58. The SMILES string of the molecule is CC(=O)O[C@@]1(c2ccccc2)C=C(c2ccccc2)C(=O)C(c2ccccc2)=C1C#N. The third-order valence-electron chi connectivity index (χ3n) is 5.21. The fraction of sp³-hybridized carbons (Fsp3) is 0.0741. The van der Waals surface area contributed by atoms with Gasteiger partial charge in [-0.05, 0) is 17.2 Å². The van der Waals surface area contributed by atoms with Crippen molar-refractivity contribution >= 4 is 22.9 Å². The number of hydrogen-bond donors (Lipinski definition) is 0. The third-order valence-corrected chi connectivity index (χ3v) is 5.21. The summed E-state index contributed by atoms with van der Waals surface area (Å²) >= 11 is 0. The number of nitriles is 1. The topological polar surface area (TPSA) is 67.2 Å². The highest BCUT2D eigenvalue weighted by atomic mass is 16.6. The first kappa shape index (κ1) is 20.1. The summed E-state index contributed by atoms with van der Waals surface area (Å²) in [6, 6.07) is 29.4. The van der Waals surface area contributed by atoms with Gasteiger partial charge in [-0.1, -0.05) is 91.0 Å². The van der Waals surface area contributed by atoms with Crippen LogP contribution in [0.4, 0.5) is 0 Å². The van der Waals surface area contributed by atoms with Crippen LogP contribution in [0.1, 0.15) is 23.6 Å². The Labute approximate surface area is 180 Å².